The standard InChI is InChI=1S/C24H14ClF5N4O3S/c25-14-4-3-12-16-22(38-19(12)18(14)35)32-21(17-13(9-1-2-9)5-10(7-31-17)20(26)27)34(23(16)36)8-11-6-15(33-37-11)24(28,29)30/h3-7,9,20,35H,1-2,8H2. The van der Waals surface area contributed by atoms with Gasteiger partial charge in [0, 0.05) is 23.2 Å². The molecule has 1 aromatic carbocycles. The van der Waals surface area contributed by atoms with Gasteiger partial charge in [-0.3, -0.25) is 14.3 Å². The molecule has 5 aromatic rings. The highest BCUT2D eigenvalue weighted by Gasteiger charge is 2.35. The normalized spacial score (nSPS) is 14.3. The van der Waals surface area contributed by atoms with Crippen LogP contribution in [0.2, 0.25) is 5.02 Å². The number of hydrogen-bond acceptors (Lipinski definition) is 7. The van der Waals surface area contributed by atoms with Crippen molar-refractivity contribution >= 4 is 43.2 Å². The fourth-order valence-corrected chi connectivity index (χ4v) is 5.62. The first-order chi connectivity index (χ1) is 18.0. The van der Waals surface area contributed by atoms with E-state index in [4.69, 9.17) is 16.1 Å². The molecule has 4 aromatic heterocycles. The van der Waals surface area contributed by atoms with Crippen molar-refractivity contribution in [2.24, 2.45) is 0 Å². The van der Waals surface area contributed by atoms with Gasteiger partial charge in [0.25, 0.3) is 12.0 Å². The van der Waals surface area contributed by atoms with Gasteiger partial charge in [-0.1, -0.05) is 22.8 Å². The molecule has 0 saturated heterocycles. The highest BCUT2D eigenvalue weighted by molar-refractivity contribution is 7.25. The second-order valence-corrected chi connectivity index (χ2v) is 10.2. The lowest BCUT2D eigenvalue weighted by Gasteiger charge is -2.15. The molecule has 4 heterocycles. The van der Waals surface area contributed by atoms with E-state index in [0.29, 0.717) is 21.7 Å². The molecule has 1 aliphatic carbocycles. The summed E-state index contributed by atoms with van der Waals surface area (Å²) in [4.78, 5) is 22.9. The summed E-state index contributed by atoms with van der Waals surface area (Å²) in [5.41, 5.74) is -1.59. The van der Waals surface area contributed by atoms with Crippen LogP contribution in [0.4, 0.5) is 22.0 Å². The summed E-state index contributed by atoms with van der Waals surface area (Å²) < 4.78 is 72.5. The molecule has 0 atom stereocenters. The first kappa shape index (κ1) is 24.7. The maximum atomic E-state index is 13.9. The van der Waals surface area contributed by atoms with Gasteiger partial charge in [0.05, 0.1) is 21.7 Å². The first-order valence-electron chi connectivity index (χ1n) is 11.2. The molecular formula is C24H14ClF5N4O3S. The van der Waals surface area contributed by atoms with E-state index in [1.807, 2.05) is 0 Å². The number of phenols is 1. The molecule has 38 heavy (non-hydrogen) atoms. The lowest BCUT2D eigenvalue weighted by atomic mass is 10.1. The number of nitrogens with zero attached hydrogens (tertiary/aromatic N) is 4. The second-order valence-electron chi connectivity index (χ2n) is 8.84. The predicted octanol–water partition coefficient (Wildman–Crippen LogP) is 6.90. The number of rotatable bonds is 5. The van der Waals surface area contributed by atoms with Gasteiger partial charge in [0.2, 0.25) is 0 Å². The number of hydrogen-bond donors (Lipinski definition) is 1. The van der Waals surface area contributed by atoms with Crippen LogP contribution in [0.1, 0.15) is 47.8 Å². The topological polar surface area (TPSA) is 94.0 Å². The van der Waals surface area contributed by atoms with Crippen LogP contribution in [0, 0.1) is 0 Å². The van der Waals surface area contributed by atoms with Gasteiger partial charge < -0.3 is 9.63 Å². The number of alkyl halides is 5. The van der Waals surface area contributed by atoms with E-state index in [0.717, 1.165) is 34.9 Å². The summed E-state index contributed by atoms with van der Waals surface area (Å²) in [6.45, 7) is -0.487. The SMILES string of the molecule is O=c1c2c(nc(-c3ncc(C(F)F)cc3C3CC3)n1Cc1cc(C(F)(F)F)no1)sc1c(O)c(Cl)ccc12. The van der Waals surface area contributed by atoms with Crippen molar-refractivity contribution in [1.29, 1.82) is 0 Å². The van der Waals surface area contributed by atoms with Crippen LogP contribution in [-0.4, -0.2) is 24.8 Å². The van der Waals surface area contributed by atoms with Gasteiger partial charge in [-0.05, 0) is 36.5 Å². The molecular weight excluding hydrogens is 555 g/mol. The molecule has 6 rings (SSSR count). The molecule has 0 aliphatic heterocycles. The number of aromatic hydroxyl groups is 1. The highest BCUT2D eigenvalue weighted by atomic mass is 35.5. The Hall–Kier alpha value is -3.58. The van der Waals surface area contributed by atoms with Crippen molar-refractivity contribution in [3.63, 3.8) is 0 Å². The molecule has 0 unspecified atom stereocenters. The minimum absolute atomic E-state index is 0.0349. The average molecular weight is 569 g/mol. The Morgan fingerprint density at radius 3 is 2.66 bits per heavy atom. The van der Waals surface area contributed by atoms with Crippen LogP contribution in [-0.2, 0) is 12.7 Å². The quantitative estimate of drug-likeness (QED) is 0.232. The van der Waals surface area contributed by atoms with E-state index in [-0.39, 0.29) is 49.7 Å². The Kier molecular flexibility index (Phi) is 5.69. The third-order valence-corrected chi connectivity index (χ3v) is 7.68. The zero-order valence-corrected chi connectivity index (χ0v) is 20.5. The lowest BCUT2D eigenvalue weighted by Crippen LogP contribution is -2.24. The number of benzene rings is 1. The van der Waals surface area contributed by atoms with E-state index in [9.17, 15) is 31.9 Å². The molecule has 0 radical (unpaired) electrons. The maximum Gasteiger partial charge on any atom is 0.436 e. The number of aromatic nitrogens is 4. The summed E-state index contributed by atoms with van der Waals surface area (Å²) in [5.74, 6) is -0.635. The Morgan fingerprint density at radius 2 is 2.00 bits per heavy atom. The number of phenolic OH excluding ortho intramolecular Hbond substituents is 1. The summed E-state index contributed by atoms with van der Waals surface area (Å²) in [6, 6.07) is 4.93. The summed E-state index contributed by atoms with van der Waals surface area (Å²) in [5, 5.41) is 14.0. The smallest absolute Gasteiger partial charge is 0.436 e. The fraction of sp³-hybridized carbons (Fsp3) is 0.250. The summed E-state index contributed by atoms with van der Waals surface area (Å²) >= 11 is 7.03. The average Bonchev–Trinajstić information content (AvgIpc) is 3.47. The van der Waals surface area contributed by atoms with E-state index < -0.39 is 30.4 Å². The zero-order valence-electron chi connectivity index (χ0n) is 18.9. The monoisotopic (exact) mass is 568 g/mol. The van der Waals surface area contributed by atoms with Crippen molar-refractivity contribution in [1.82, 2.24) is 19.7 Å². The van der Waals surface area contributed by atoms with Gasteiger partial charge in [0.15, 0.2) is 23.0 Å². The molecule has 1 fully saturated rings. The Bertz CT molecular complexity index is 1790. The Balaban J connectivity index is 1.63. The molecule has 1 N–H and O–H groups in total. The molecule has 1 aliphatic rings. The number of fused-ring (bicyclic) bond motifs is 3. The van der Waals surface area contributed by atoms with Crippen LogP contribution >= 0.6 is 22.9 Å². The van der Waals surface area contributed by atoms with Crippen molar-refractivity contribution in [2.45, 2.75) is 37.9 Å². The number of halogens is 6. The van der Waals surface area contributed by atoms with E-state index in [1.54, 1.807) is 0 Å². The van der Waals surface area contributed by atoms with Crippen LogP contribution in [0.5, 0.6) is 5.75 Å². The van der Waals surface area contributed by atoms with Crippen molar-refractivity contribution in [3.8, 4) is 17.3 Å². The number of pyridine rings is 1. The van der Waals surface area contributed by atoms with Gasteiger partial charge in [-0.15, -0.1) is 11.3 Å². The van der Waals surface area contributed by atoms with E-state index >= 15 is 0 Å². The van der Waals surface area contributed by atoms with Crippen LogP contribution in [0.25, 0.3) is 31.8 Å². The summed E-state index contributed by atoms with van der Waals surface area (Å²) in [7, 11) is 0. The molecule has 0 spiro atoms. The van der Waals surface area contributed by atoms with Crippen molar-refractivity contribution in [3.05, 3.63) is 68.4 Å². The third-order valence-electron chi connectivity index (χ3n) is 6.27. The molecule has 1 saturated carbocycles. The fourth-order valence-electron chi connectivity index (χ4n) is 4.30. The number of thiophene rings is 1. The van der Waals surface area contributed by atoms with E-state index in [1.165, 1.54) is 18.2 Å². The van der Waals surface area contributed by atoms with Crippen LogP contribution < -0.4 is 5.56 Å². The predicted molar refractivity (Wildman–Crippen MR) is 129 cm³/mol. The maximum absolute atomic E-state index is 13.9. The molecule has 0 amide bonds. The Labute approximate surface area is 218 Å². The Morgan fingerprint density at radius 1 is 1.24 bits per heavy atom. The van der Waals surface area contributed by atoms with Crippen LogP contribution in [0.3, 0.4) is 0 Å². The largest absolute Gasteiger partial charge is 0.505 e. The molecule has 196 valence electrons. The minimum Gasteiger partial charge on any atom is -0.505 e. The van der Waals surface area contributed by atoms with Gasteiger partial charge in [-0.25, -0.2) is 13.8 Å². The first-order valence-corrected chi connectivity index (χ1v) is 12.4. The van der Waals surface area contributed by atoms with Crippen molar-refractivity contribution < 1.29 is 31.6 Å². The van der Waals surface area contributed by atoms with Crippen LogP contribution in [0.15, 0.2) is 39.8 Å². The van der Waals surface area contributed by atoms with Gasteiger partial charge in [-0.2, -0.15) is 13.2 Å². The highest BCUT2D eigenvalue weighted by Crippen LogP contribution is 2.45. The molecule has 14 heteroatoms. The minimum atomic E-state index is -4.76. The van der Waals surface area contributed by atoms with Gasteiger partial charge in [0.1, 0.15) is 10.5 Å². The zero-order chi connectivity index (χ0) is 26.9. The van der Waals surface area contributed by atoms with Gasteiger partial charge >= 0.3 is 6.18 Å². The molecule has 7 nitrogen and oxygen atoms in total. The summed E-state index contributed by atoms with van der Waals surface area (Å²) in [6.07, 6.45) is -5.10. The second kappa shape index (κ2) is 8.73. The lowest BCUT2D eigenvalue weighted by molar-refractivity contribution is -0.142. The molecule has 0 bridgehead atoms. The van der Waals surface area contributed by atoms with E-state index in [2.05, 4.69) is 15.1 Å². The van der Waals surface area contributed by atoms with Crippen molar-refractivity contribution in [2.75, 3.05) is 0 Å². The third kappa shape index (κ3) is 4.09.